The van der Waals surface area contributed by atoms with Crippen LogP contribution in [-0.4, -0.2) is 40.9 Å². The van der Waals surface area contributed by atoms with Crippen molar-refractivity contribution in [3.8, 4) is 5.75 Å². The minimum Gasteiger partial charge on any atom is -0.492 e. The van der Waals surface area contributed by atoms with Crippen molar-refractivity contribution in [2.24, 2.45) is 0 Å². The first-order chi connectivity index (χ1) is 16.2. The number of carboxylic acid groups (broad SMARTS) is 1. The molecule has 0 fully saturated rings. The van der Waals surface area contributed by atoms with Crippen LogP contribution >= 0.6 is 0 Å². The Bertz CT molecular complexity index is 1140. The lowest BCUT2D eigenvalue weighted by Crippen LogP contribution is -2.37. The molecular weight excluding hydrogens is 451 g/mol. The normalized spacial score (nSPS) is 17.2. The van der Waals surface area contributed by atoms with E-state index in [4.69, 9.17) is 9.26 Å². The van der Waals surface area contributed by atoms with Gasteiger partial charge in [-0.1, -0.05) is 29.4 Å². The van der Waals surface area contributed by atoms with Crippen LogP contribution in [0.2, 0.25) is 0 Å². The summed E-state index contributed by atoms with van der Waals surface area (Å²) in [6, 6.07) is 13.6. The third kappa shape index (κ3) is 5.40. The van der Waals surface area contributed by atoms with Gasteiger partial charge in [-0.3, -0.25) is 4.79 Å². The molecule has 7 nitrogen and oxygen atoms in total. The Kier molecular flexibility index (Phi) is 6.60. The van der Waals surface area contributed by atoms with Crippen LogP contribution < -0.4 is 10.2 Å². The minimum absolute atomic E-state index is 0.122. The lowest BCUT2D eigenvalue weighted by molar-refractivity contribution is -0.138. The molecule has 3 aromatic rings. The number of hydrogen-bond acceptors (Lipinski definition) is 6. The molecule has 2 heterocycles. The summed E-state index contributed by atoms with van der Waals surface area (Å²) in [5.41, 5.74) is 5.09. The van der Waals surface area contributed by atoms with E-state index in [9.17, 15) is 23.1 Å². The number of benzene rings is 2. The summed E-state index contributed by atoms with van der Waals surface area (Å²) in [6.07, 6.45) is -1.20. The highest BCUT2D eigenvalue weighted by atomic mass is 19.4. The van der Waals surface area contributed by atoms with Crippen LogP contribution in [0.3, 0.4) is 0 Å². The van der Waals surface area contributed by atoms with Crippen molar-refractivity contribution < 1.29 is 32.3 Å². The summed E-state index contributed by atoms with van der Waals surface area (Å²) in [5.74, 6) is -0.784. The van der Waals surface area contributed by atoms with Gasteiger partial charge in [-0.25, -0.2) is 5.01 Å². The van der Waals surface area contributed by atoms with Crippen molar-refractivity contribution in [3.63, 3.8) is 0 Å². The summed E-state index contributed by atoms with van der Waals surface area (Å²) in [6.45, 7) is 0.300. The third-order valence-electron chi connectivity index (χ3n) is 5.57. The molecule has 1 aliphatic heterocycles. The minimum atomic E-state index is -4.37. The number of carbonyl (C=O) groups is 1. The predicted octanol–water partition coefficient (Wildman–Crippen LogP) is 4.54. The highest BCUT2D eigenvalue weighted by Gasteiger charge is 2.30. The van der Waals surface area contributed by atoms with Crippen molar-refractivity contribution in [1.29, 1.82) is 0 Å². The lowest BCUT2D eigenvalue weighted by atomic mass is 9.92. The summed E-state index contributed by atoms with van der Waals surface area (Å²) in [7, 11) is 1.82. The van der Waals surface area contributed by atoms with Gasteiger partial charge >= 0.3 is 12.1 Å². The number of ether oxygens (including phenoxy) is 1. The Morgan fingerprint density at radius 3 is 2.47 bits per heavy atom. The quantitative estimate of drug-likeness (QED) is 0.497. The van der Waals surface area contributed by atoms with Crippen LogP contribution in [0, 0.1) is 0 Å². The summed E-state index contributed by atoms with van der Waals surface area (Å²) in [5, 5.41) is 14.9. The van der Waals surface area contributed by atoms with Crippen LogP contribution in [-0.2, 0) is 11.0 Å². The number of aliphatic carboxylic acids is 1. The van der Waals surface area contributed by atoms with Gasteiger partial charge in [-0.2, -0.15) is 13.2 Å². The predicted molar refractivity (Wildman–Crippen MR) is 117 cm³/mol. The van der Waals surface area contributed by atoms with Crippen molar-refractivity contribution in [1.82, 2.24) is 15.6 Å². The zero-order valence-corrected chi connectivity index (χ0v) is 18.1. The SMILES string of the molecule is CN1NC(c2ccc(C(F)(F)F)cc2)=CC1COc1ccc([C@H](CC(=O)O)c2ccon2)cc1. The van der Waals surface area contributed by atoms with E-state index >= 15 is 0 Å². The molecule has 2 N–H and O–H groups in total. The average Bonchev–Trinajstić information content (AvgIpc) is 3.46. The maximum Gasteiger partial charge on any atom is 0.416 e. The summed E-state index contributed by atoms with van der Waals surface area (Å²) < 4.78 is 49.1. The Morgan fingerprint density at radius 2 is 1.88 bits per heavy atom. The highest BCUT2D eigenvalue weighted by Crippen LogP contribution is 2.31. The zero-order chi connectivity index (χ0) is 24.3. The largest absolute Gasteiger partial charge is 0.492 e. The van der Waals surface area contributed by atoms with Gasteiger partial charge in [0.2, 0.25) is 0 Å². The Balaban J connectivity index is 1.40. The highest BCUT2D eigenvalue weighted by molar-refractivity contribution is 5.69. The fraction of sp³-hybridized carbons (Fsp3) is 0.250. The Morgan fingerprint density at radius 1 is 1.18 bits per heavy atom. The second-order valence-corrected chi connectivity index (χ2v) is 7.90. The number of alkyl halides is 3. The molecule has 2 aromatic carbocycles. The molecule has 0 radical (unpaired) electrons. The number of rotatable bonds is 8. The van der Waals surface area contributed by atoms with Gasteiger partial charge < -0.3 is 19.8 Å². The van der Waals surface area contributed by atoms with E-state index in [0.29, 0.717) is 29.3 Å². The van der Waals surface area contributed by atoms with Crippen molar-refractivity contribution in [2.75, 3.05) is 13.7 Å². The number of hydrazine groups is 1. The van der Waals surface area contributed by atoms with Gasteiger partial charge in [0.1, 0.15) is 18.6 Å². The van der Waals surface area contributed by atoms with Gasteiger partial charge in [0.05, 0.1) is 29.4 Å². The van der Waals surface area contributed by atoms with Crippen LogP contribution in [0.5, 0.6) is 5.75 Å². The number of hydrogen-bond donors (Lipinski definition) is 2. The zero-order valence-electron chi connectivity index (χ0n) is 18.1. The molecule has 0 bridgehead atoms. The first-order valence-electron chi connectivity index (χ1n) is 10.4. The second kappa shape index (κ2) is 9.60. The molecule has 2 atom stereocenters. The fourth-order valence-electron chi connectivity index (χ4n) is 3.72. The second-order valence-electron chi connectivity index (χ2n) is 7.90. The van der Waals surface area contributed by atoms with Gasteiger partial charge in [0.25, 0.3) is 0 Å². The Hall–Kier alpha value is -3.79. The molecule has 4 rings (SSSR count). The summed E-state index contributed by atoms with van der Waals surface area (Å²) in [4.78, 5) is 11.3. The number of carboxylic acids is 1. The number of aromatic nitrogens is 1. The van der Waals surface area contributed by atoms with Crippen LogP contribution in [0.15, 0.2) is 71.5 Å². The molecule has 1 aliphatic rings. The van der Waals surface area contributed by atoms with Crippen LogP contribution in [0.25, 0.3) is 5.70 Å². The molecular formula is C24H22F3N3O4. The van der Waals surface area contributed by atoms with Crippen molar-refractivity contribution >= 4 is 11.7 Å². The van der Waals surface area contributed by atoms with Gasteiger partial charge in [0, 0.05) is 19.0 Å². The summed E-state index contributed by atoms with van der Waals surface area (Å²) >= 11 is 0. The maximum atomic E-state index is 12.8. The monoisotopic (exact) mass is 473 g/mol. The van der Waals surface area contributed by atoms with Crippen LogP contribution in [0.1, 0.15) is 34.7 Å². The Labute approximate surface area is 193 Å². The van der Waals surface area contributed by atoms with E-state index in [0.717, 1.165) is 17.7 Å². The molecule has 1 aromatic heterocycles. The molecule has 10 heteroatoms. The molecule has 1 unspecified atom stereocenters. The number of nitrogens with one attached hydrogen (secondary N) is 1. The standard InChI is InChI=1S/C24H22F3N3O4/c1-30-18(12-22(28-30)16-2-6-17(7-3-16)24(25,26)27)14-33-19-8-4-15(5-9-19)20(13-23(31)32)21-10-11-34-29-21/h2-12,18,20,28H,13-14H2,1H3,(H,31,32)/t18?,20-/m0/s1. The van der Waals surface area contributed by atoms with Gasteiger partial charge in [-0.15, -0.1) is 0 Å². The van der Waals surface area contributed by atoms with E-state index < -0.39 is 23.6 Å². The van der Waals surface area contributed by atoms with E-state index in [1.807, 2.05) is 18.1 Å². The van der Waals surface area contributed by atoms with Gasteiger partial charge in [-0.05, 0) is 41.5 Å². The van der Waals surface area contributed by atoms with Gasteiger partial charge in [0.15, 0.2) is 0 Å². The molecule has 0 saturated carbocycles. The molecule has 178 valence electrons. The first-order valence-corrected chi connectivity index (χ1v) is 10.4. The topological polar surface area (TPSA) is 87.8 Å². The number of likely N-dealkylation sites (N-methyl/N-ethyl adjacent to an activating group) is 1. The lowest BCUT2D eigenvalue weighted by Gasteiger charge is -2.20. The van der Waals surface area contributed by atoms with Crippen LogP contribution in [0.4, 0.5) is 13.2 Å². The van der Waals surface area contributed by atoms with Crippen molar-refractivity contribution in [3.05, 3.63) is 89.3 Å². The van der Waals surface area contributed by atoms with E-state index in [1.54, 1.807) is 30.3 Å². The molecule has 0 spiro atoms. The van der Waals surface area contributed by atoms with E-state index in [-0.39, 0.29) is 12.5 Å². The fourth-order valence-corrected chi connectivity index (χ4v) is 3.72. The number of nitrogens with zero attached hydrogens (tertiary/aromatic N) is 2. The molecule has 34 heavy (non-hydrogen) atoms. The molecule has 0 amide bonds. The van der Waals surface area contributed by atoms with Crippen molar-refractivity contribution in [2.45, 2.75) is 24.6 Å². The smallest absolute Gasteiger partial charge is 0.416 e. The first kappa shape index (κ1) is 23.4. The molecule has 0 saturated heterocycles. The van der Waals surface area contributed by atoms with E-state index in [1.165, 1.54) is 18.4 Å². The van der Waals surface area contributed by atoms with E-state index in [2.05, 4.69) is 10.6 Å². The number of halogens is 3. The molecule has 0 aliphatic carbocycles. The maximum absolute atomic E-state index is 12.8. The average molecular weight is 473 g/mol. The third-order valence-corrected chi connectivity index (χ3v) is 5.57.